The zero-order valence-corrected chi connectivity index (χ0v) is 18.6. The van der Waals surface area contributed by atoms with Crippen LogP contribution in [0.4, 0.5) is 10.1 Å². The third-order valence-electron chi connectivity index (χ3n) is 4.22. The average molecular weight is 474 g/mol. The number of sulfonamides is 1. The summed E-state index contributed by atoms with van der Waals surface area (Å²) in [6, 6.07) is 18.2. The van der Waals surface area contributed by atoms with Gasteiger partial charge in [0.25, 0.3) is 15.9 Å². The average Bonchev–Trinajstić information content (AvgIpc) is 2.77. The summed E-state index contributed by atoms with van der Waals surface area (Å²) in [6.07, 6.45) is 0. The van der Waals surface area contributed by atoms with E-state index in [4.69, 9.17) is 0 Å². The molecule has 0 saturated carbocycles. The second-order valence-corrected chi connectivity index (χ2v) is 9.42. The standard InChI is InChI=1S/C22H20FN3O4S2/c1-15-9-11-18(12-10-15)32(29,30)26-17-6-4-5-16(13-17)22(28)25-24-21(27)14-31-20-8-3-2-7-19(20)23/h2-13,26H,14H2,1H3,(H,24,27)(H,25,28). The van der Waals surface area contributed by atoms with Crippen LogP contribution < -0.4 is 15.6 Å². The van der Waals surface area contributed by atoms with Gasteiger partial charge in [0.05, 0.1) is 10.6 Å². The summed E-state index contributed by atoms with van der Waals surface area (Å²) in [5, 5.41) is 0. The number of rotatable bonds is 7. The van der Waals surface area contributed by atoms with Crippen molar-refractivity contribution in [2.24, 2.45) is 0 Å². The lowest BCUT2D eigenvalue weighted by Crippen LogP contribution is -2.42. The molecule has 2 amide bonds. The number of amides is 2. The topological polar surface area (TPSA) is 104 Å². The Bertz CT molecular complexity index is 1230. The molecule has 3 N–H and O–H groups in total. The highest BCUT2D eigenvalue weighted by Crippen LogP contribution is 2.21. The molecule has 3 rings (SSSR count). The number of halogens is 1. The minimum absolute atomic E-state index is 0.0950. The van der Waals surface area contributed by atoms with Gasteiger partial charge in [0.1, 0.15) is 5.82 Å². The summed E-state index contributed by atoms with van der Waals surface area (Å²) in [7, 11) is -3.82. The van der Waals surface area contributed by atoms with E-state index in [-0.39, 0.29) is 21.9 Å². The van der Waals surface area contributed by atoms with Crippen LogP contribution >= 0.6 is 11.8 Å². The first-order chi connectivity index (χ1) is 15.2. The van der Waals surface area contributed by atoms with Crippen molar-refractivity contribution in [1.29, 1.82) is 0 Å². The van der Waals surface area contributed by atoms with Crippen molar-refractivity contribution >= 4 is 39.3 Å². The second-order valence-electron chi connectivity index (χ2n) is 6.72. The molecule has 0 aliphatic rings. The van der Waals surface area contributed by atoms with Gasteiger partial charge in [-0.3, -0.25) is 25.2 Å². The number of hydrogen-bond acceptors (Lipinski definition) is 5. The molecule has 0 unspecified atom stereocenters. The van der Waals surface area contributed by atoms with E-state index >= 15 is 0 Å². The zero-order valence-electron chi connectivity index (χ0n) is 17.0. The van der Waals surface area contributed by atoms with E-state index in [1.807, 2.05) is 6.92 Å². The van der Waals surface area contributed by atoms with Crippen LogP contribution in [0.2, 0.25) is 0 Å². The monoisotopic (exact) mass is 473 g/mol. The normalized spacial score (nSPS) is 10.9. The van der Waals surface area contributed by atoms with Crippen LogP contribution in [0.5, 0.6) is 0 Å². The predicted octanol–water partition coefficient (Wildman–Crippen LogP) is 3.49. The summed E-state index contributed by atoms with van der Waals surface area (Å²) in [4.78, 5) is 24.7. The maximum absolute atomic E-state index is 13.6. The van der Waals surface area contributed by atoms with Crippen LogP contribution in [0.1, 0.15) is 15.9 Å². The molecular formula is C22H20FN3O4S2. The molecule has 0 saturated heterocycles. The number of benzene rings is 3. The molecule has 0 atom stereocenters. The van der Waals surface area contributed by atoms with E-state index < -0.39 is 27.7 Å². The van der Waals surface area contributed by atoms with Crippen molar-refractivity contribution in [1.82, 2.24) is 10.9 Å². The molecular weight excluding hydrogens is 453 g/mol. The minimum atomic E-state index is -3.82. The number of anilines is 1. The number of nitrogens with one attached hydrogen (secondary N) is 3. The van der Waals surface area contributed by atoms with Gasteiger partial charge in [-0.2, -0.15) is 0 Å². The second kappa shape index (κ2) is 10.3. The maximum Gasteiger partial charge on any atom is 0.269 e. The van der Waals surface area contributed by atoms with Crippen molar-refractivity contribution in [3.05, 3.63) is 89.7 Å². The number of hydrazine groups is 1. The van der Waals surface area contributed by atoms with Crippen LogP contribution in [0.3, 0.4) is 0 Å². The fourth-order valence-electron chi connectivity index (χ4n) is 2.60. The molecule has 0 aliphatic carbocycles. The molecule has 32 heavy (non-hydrogen) atoms. The van der Waals surface area contributed by atoms with E-state index in [1.54, 1.807) is 30.3 Å². The Hall–Kier alpha value is -3.37. The Morgan fingerprint density at radius 2 is 1.66 bits per heavy atom. The molecule has 166 valence electrons. The summed E-state index contributed by atoms with van der Waals surface area (Å²) in [5.74, 6) is -1.69. The number of carbonyl (C=O) groups excluding carboxylic acids is 2. The molecule has 0 fully saturated rings. The summed E-state index contributed by atoms with van der Waals surface area (Å²) >= 11 is 0.995. The zero-order chi connectivity index (χ0) is 23.1. The Kier molecular flexibility index (Phi) is 7.49. The summed E-state index contributed by atoms with van der Waals surface area (Å²) in [6.45, 7) is 1.85. The van der Waals surface area contributed by atoms with Crippen LogP contribution in [-0.2, 0) is 14.8 Å². The van der Waals surface area contributed by atoms with Crippen molar-refractivity contribution in [2.45, 2.75) is 16.7 Å². The lowest BCUT2D eigenvalue weighted by Gasteiger charge is -2.11. The van der Waals surface area contributed by atoms with E-state index in [9.17, 15) is 22.4 Å². The molecule has 7 nitrogen and oxygen atoms in total. The number of hydrogen-bond donors (Lipinski definition) is 3. The van der Waals surface area contributed by atoms with E-state index in [0.29, 0.717) is 4.90 Å². The lowest BCUT2D eigenvalue weighted by atomic mass is 10.2. The molecule has 0 radical (unpaired) electrons. The SMILES string of the molecule is Cc1ccc(S(=O)(=O)Nc2cccc(C(=O)NNC(=O)CSc3ccccc3F)c2)cc1. The fourth-order valence-corrected chi connectivity index (χ4v) is 4.38. The van der Waals surface area contributed by atoms with Gasteiger partial charge in [0, 0.05) is 16.1 Å². The van der Waals surface area contributed by atoms with Gasteiger partial charge in [0.15, 0.2) is 0 Å². The third-order valence-corrected chi connectivity index (χ3v) is 6.66. The predicted molar refractivity (Wildman–Crippen MR) is 121 cm³/mol. The maximum atomic E-state index is 13.6. The molecule has 0 spiro atoms. The van der Waals surface area contributed by atoms with Crippen LogP contribution in [-0.4, -0.2) is 26.0 Å². The largest absolute Gasteiger partial charge is 0.280 e. The minimum Gasteiger partial charge on any atom is -0.280 e. The quantitative estimate of drug-likeness (QED) is 0.360. The van der Waals surface area contributed by atoms with Crippen LogP contribution in [0, 0.1) is 12.7 Å². The van der Waals surface area contributed by atoms with Crippen molar-refractivity contribution in [3.63, 3.8) is 0 Å². The number of thioether (sulfide) groups is 1. The Morgan fingerprint density at radius 3 is 2.38 bits per heavy atom. The molecule has 3 aromatic carbocycles. The Morgan fingerprint density at radius 1 is 0.938 bits per heavy atom. The van der Waals surface area contributed by atoms with E-state index in [1.165, 1.54) is 42.5 Å². The van der Waals surface area contributed by atoms with E-state index in [2.05, 4.69) is 15.6 Å². The van der Waals surface area contributed by atoms with Crippen LogP contribution in [0.25, 0.3) is 0 Å². The fraction of sp³-hybridized carbons (Fsp3) is 0.0909. The molecule has 10 heteroatoms. The molecule has 0 bridgehead atoms. The smallest absolute Gasteiger partial charge is 0.269 e. The van der Waals surface area contributed by atoms with Gasteiger partial charge in [-0.1, -0.05) is 35.9 Å². The number of aryl methyl sites for hydroxylation is 1. The molecule has 0 aromatic heterocycles. The number of carbonyl (C=O) groups is 2. The van der Waals surface area contributed by atoms with Gasteiger partial charge in [0.2, 0.25) is 5.91 Å². The first-order valence-corrected chi connectivity index (χ1v) is 11.9. The van der Waals surface area contributed by atoms with Gasteiger partial charge in [-0.05, 0) is 49.4 Å². The summed E-state index contributed by atoms with van der Waals surface area (Å²) < 4.78 is 41.1. The first kappa shape index (κ1) is 23.3. The van der Waals surface area contributed by atoms with Crippen molar-refractivity contribution in [2.75, 3.05) is 10.5 Å². The first-order valence-electron chi connectivity index (χ1n) is 9.41. The highest BCUT2D eigenvalue weighted by Gasteiger charge is 2.15. The van der Waals surface area contributed by atoms with Crippen LogP contribution in [0.15, 0.2) is 82.6 Å². The van der Waals surface area contributed by atoms with Gasteiger partial charge < -0.3 is 0 Å². The highest BCUT2D eigenvalue weighted by molar-refractivity contribution is 8.00. The lowest BCUT2D eigenvalue weighted by molar-refractivity contribution is -0.119. The van der Waals surface area contributed by atoms with Crippen molar-refractivity contribution in [3.8, 4) is 0 Å². The van der Waals surface area contributed by atoms with Gasteiger partial charge in [-0.25, -0.2) is 12.8 Å². The summed E-state index contributed by atoms with van der Waals surface area (Å²) in [5.41, 5.74) is 5.76. The molecule has 0 aliphatic heterocycles. The highest BCUT2D eigenvalue weighted by atomic mass is 32.2. The molecule has 3 aromatic rings. The van der Waals surface area contributed by atoms with Gasteiger partial charge >= 0.3 is 0 Å². The Labute approximate surface area is 189 Å². The van der Waals surface area contributed by atoms with Gasteiger partial charge in [-0.15, -0.1) is 11.8 Å². The third kappa shape index (κ3) is 6.32. The Balaban J connectivity index is 1.57. The molecule has 0 heterocycles. The van der Waals surface area contributed by atoms with E-state index in [0.717, 1.165) is 17.3 Å². The van der Waals surface area contributed by atoms with Crippen molar-refractivity contribution < 1.29 is 22.4 Å².